The molecule has 0 saturated carbocycles. The van der Waals surface area contributed by atoms with Crippen LogP contribution in [0.2, 0.25) is 0 Å². The number of piperidine rings is 1. The summed E-state index contributed by atoms with van der Waals surface area (Å²) in [5.74, 6) is -0.426. The Kier molecular flexibility index (Phi) is 8.62. The van der Waals surface area contributed by atoms with Crippen LogP contribution in [-0.2, 0) is 17.8 Å². The van der Waals surface area contributed by atoms with Crippen LogP contribution in [0.15, 0.2) is 47.3 Å². The summed E-state index contributed by atoms with van der Waals surface area (Å²) in [7, 11) is 2.92. The van der Waals surface area contributed by atoms with E-state index in [2.05, 4.69) is 4.98 Å². The zero-order valence-corrected chi connectivity index (χ0v) is 21.8. The molecule has 0 radical (unpaired) electrons. The zero-order chi connectivity index (χ0) is 27.2. The van der Waals surface area contributed by atoms with Crippen molar-refractivity contribution >= 4 is 5.91 Å². The average Bonchev–Trinajstić information content (AvgIpc) is 2.93. The van der Waals surface area contributed by atoms with Gasteiger partial charge in [0.25, 0.3) is 11.5 Å². The van der Waals surface area contributed by atoms with E-state index in [4.69, 9.17) is 14.2 Å². The molecule has 0 unspecified atom stereocenters. The summed E-state index contributed by atoms with van der Waals surface area (Å²) in [6.45, 7) is 2.91. The summed E-state index contributed by atoms with van der Waals surface area (Å²) in [6, 6.07) is 11.5. The molecule has 1 N–H and O–H groups in total. The van der Waals surface area contributed by atoms with Crippen LogP contribution in [0.4, 0.5) is 4.39 Å². The summed E-state index contributed by atoms with van der Waals surface area (Å²) in [5, 5.41) is 10.7. The zero-order valence-electron chi connectivity index (χ0n) is 21.8. The molecule has 9 nitrogen and oxygen atoms in total. The fourth-order valence-corrected chi connectivity index (χ4v) is 4.76. The molecule has 2 aromatic carbocycles. The second-order valence-electron chi connectivity index (χ2n) is 9.08. The van der Waals surface area contributed by atoms with Gasteiger partial charge in [-0.2, -0.15) is 4.98 Å². The van der Waals surface area contributed by atoms with Crippen molar-refractivity contribution in [3.63, 3.8) is 0 Å². The van der Waals surface area contributed by atoms with Crippen molar-refractivity contribution < 1.29 is 28.5 Å². The number of para-hydroxylation sites is 1. The quantitative estimate of drug-likeness (QED) is 0.454. The van der Waals surface area contributed by atoms with Crippen molar-refractivity contribution in [1.82, 2.24) is 14.5 Å². The normalized spacial score (nSPS) is 13.9. The first kappa shape index (κ1) is 27.1. The van der Waals surface area contributed by atoms with Crippen LogP contribution in [0.5, 0.6) is 17.4 Å². The van der Waals surface area contributed by atoms with Gasteiger partial charge in [-0.15, -0.1) is 0 Å². The fourth-order valence-electron chi connectivity index (χ4n) is 4.76. The molecule has 2 heterocycles. The number of methoxy groups -OCH3 is 2. The van der Waals surface area contributed by atoms with Crippen molar-refractivity contribution in [2.45, 2.75) is 32.8 Å². The lowest BCUT2D eigenvalue weighted by Gasteiger charge is -2.32. The van der Waals surface area contributed by atoms with Crippen molar-refractivity contribution in [3.05, 3.63) is 75.6 Å². The third-order valence-electron chi connectivity index (χ3n) is 6.75. The average molecular weight is 526 g/mol. The number of carbonyl (C=O) groups is 1. The van der Waals surface area contributed by atoms with E-state index in [0.29, 0.717) is 50.0 Å². The van der Waals surface area contributed by atoms with E-state index in [9.17, 15) is 19.1 Å². The third-order valence-corrected chi connectivity index (χ3v) is 6.75. The maximum Gasteiger partial charge on any atom is 0.275 e. The number of benzene rings is 2. The van der Waals surface area contributed by atoms with Gasteiger partial charge >= 0.3 is 0 Å². The lowest BCUT2D eigenvalue weighted by atomic mass is 9.90. The van der Waals surface area contributed by atoms with Crippen LogP contribution in [0.1, 0.15) is 41.5 Å². The number of carbonyl (C=O) groups excluding carboxylic acids is 1. The Morgan fingerprint density at radius 1 is 1.08 bits per heavy atom. The van der Waals surface area contributed by atoms with E-state index < -0.39 is 22.9 Å². The van der Waals surface area contributed by atoms with Gasteiger partial charge in [0.15, 0.2) is 5.56 Å². The highest BCUT2D eigenvalue weighted by Crippen LogP contribution is 2.33. The number of halogens is 1. The summed E-state index contributed by atoms with van der Waals surface area (Å²) in [4.78, 5) is 33.1. The number of hydrogen-bond acceptors (Lipinski definition) is 7. The molecule has 0 bridgehead atoms. The maximum atomic E-state index is 13.8. The van der Waals surface area contributed by atoms with Crippen LogP contribution in [-0.4, -0.2) is 59.4 Å². The third kappa shape index (κ3) is 5.65. The smallest absolute Gasteiger partial charge is 0.275 e. The van der Waals surface area contributed by atoms with Crippen molar-refractivity contribution in [1.29, 1.82) is 0 Å². The topological polar surface area (TPSA) is 103 Å². The van der Waals surface area contributed by atoms with Gasteiger partial charge in [0, 0.05) is 19.7 Å². The molecular weight excluding hydrogens is 493 g/mol. The molecule has 1 fully saturated rings. The first-order chi connectivity index (χ1) is 18.4. The molecule has 4 rings (SSSR count). The summed E-state index contributed by atoms with van der Waals surface area (Å²) < 4.78 is 30.9. The maximum absolute atomic E-state index is 13.8. The number of hydrogen-bond donors (Lipinski definition) is 1. The minimum atomic E-state index is -0.742. The van der Waals surface area contributed by atoms with Crippen molar-refractivity contribution in [3.8, 4) is 23.1 Å². The Hall–Kier alpha value is -3.92. The largest absolute Gasteiger partial charge is 0.494 e. The molecule has 0 spiro atoms. The lowest BCUT2D eigenvalue weighted by Crippen LogP contribution is -2.42. The van der Waals surface area contributed by atoms with Crippen LogP contribution in [0.25, 0.3) is 5.69 Å². The van der Waals surface area contributed by atoms with Gasteiger partial charge in [-0.1, -0.05) is 18.2 Å². The van der Waals surface area contributed by atoms with Gasteiger partial charge in [-0.05, 0) is 61.9 Å². The Morgan fingerprint density at radius 3 is 2.29 bits per heavy atom. The molecule has 10 heteroatoms. The highest BCUT2D eigenvalue weighted by Gasteiger charge is 2.31. The fraction of sp³-hybridized carbons (Fsp3) is 0.393. The molecular formula is C28H32FN3O6. The Morgan fingerprint density at radius 2 is 1.71 bits per heavy atom. The van der Waals surface area contributed by atoms with Gasteiger partial charge in [0.05, 0.1) is 14.2 Å². The summed E-state index contributed by atoms with van der Waals surface area (Å²) in [5.41, 5.74) is 0.136. The first-order valence-electron chi connectivity index (χ1n) is 12.6. The van der Waals surface area contributed by atoms with E-state index in [-0.39, 0.29) is 23.9 Å². The number of aromatic hydroxyl groups is 1. The number of nitrogens with zero attached hydrogens (tertiary/aromatic N) is 3. The minimum Gasteiger partial charge on any atom is -0.494 e. The summed E-state index contributed by atoms with van der Waals surface area (Å²) in [6.07, 6.45) is 2.21. The van der Waals surface area contributed by atoms with Crippen LogP contribution < -0.4 is 15.0 Å². The number of rotatable bonds is 9. The molecule has 1 aliphatic rings. The monoisotopic (exact) mass is 525 g/mol. The van der Waals surface area contributed by atoms with E-state index in [1.807, 2.05) is 0 Å². The van der Waals surface area contributed by atoms with Crippen LogP contribution in [0, 0.1) is 11.7 Å². The Labute approximate surface area is 220 Å². The van der Waals surface area contributed by atoms with Gasteiger partial charge < -0.3 is 24.2 Å². The predicted octanol–water partition coefficient (Wildman–Crippen LogP) is 3.73. The lowest BCUT2D eigenvalue weighted by molar-refractivity contribution is 0.0683. The second-order valence-corrected chi connectivity index (χ2v) is 9.08. The first-order valence-corrected chi connectivity index (χ1v) is 12.6. The van der Waals surface area contributed by atoms with Crippen molar-refractivity contribution in [2.24, 2.45) is 5.92 Å². The molecule has 0 aliphatic carbocycles. The standard InChI is InChI=1S/C28H32FN3O6/c1-4-38-17-23-30-26(33)24(28(35)32(23)25-21(36-2)6-5-7-22(25)37-3)27(34)31-14-12-19(13-15-31)16-18-8-10-20(29)11-9-18/h5-11,19,33H,4,12-17H2,1-3H3. The molecule has 202 valence electrons. The van der Waals surface area contributed by atoms with E-state index in [1.54, 1.807) is 42.2 Å². The van der Waals surface area contributed by atoms with Gasteiger partial charge in [0.2, 0.25) is 5.88 Å². The second kappa shape index (κ2) is 12.1. The molecule has 0 atom stereocenters. The van der Waals surface area contributed by atoms with Crippen LogP contribution >= 0.6 is 0 Å². The molecule has 3 aromatic rings. The SMILES string of the molecule is CCOCc1nc(O)c(C(=O)N2CCC(Cc3ccc(F)cc3)CC2)c(=O)n1-c1c(OC)cccc1OC. The van der Waals surface area contributed by atoms with Gasteiger partial charge in [-0.25, -0.2) is 4.39 Å². The highest BCUT2D eigenvalue weighted by atomic mass is 19.1. The van der Waals surface area contributed by atoms with E-state index in [0.717, 1.165) is 12.0 Å². The molecule has 1 saturated heterocycles. The molecule has 1 aliphatic heterocycles. The molecule has 1 aromatic heterocycles. The summed E-state index contributed by atoms with van der Waals surface area (Å²) >= 11 is 0. The predicted molar refractivity (Wildman–Crippen MR) is 139 cm³/mol. The Bertz CT molecular complexity index is 1310. The molecule has 38 heavy (non-hydrogen) atoms. The van der Waals surface area contributed by atoms with E-state index in [1.165, 1.54) is 30.9 Å². The number of aromatic nitrogens is 2. The number of amides is 1. The number of likely N-dealkylation sites (tertiary alicyclic amines) is 1. The Balaban J connectivity index is 1.65. The minimum absolute atomic E-state index is 0.0796. The molecule has 1 amide bonds. The van der Waals surface area contributed by atoms with Crippen molar-refractivity contribution in [2.75, 3.05) is 33.9 Å². The van der Waals surface area contributed by atoms with Gasteiger partial charge in [-0.3, -0.25) is 14.2 Å². The number of ether oxygens (including phenoxy) is 3. The van der Waals surface area contributed by atoms with Gasteiger partial charge in [0.1, 0.15) is 35.4 Å². The van der Waals surface area contributed by atoms with E-state index >= 15 is 0 Å². The van der Waals surface area contributed by atoms with Crippen LogP contribution in [0.3, 0.4) is 0 Å². The highest BCUT2D eigenvalue weighted by molar-refractivity contribution is 5.96.